The number of rotatable bonds is 12. The zero-order valence-electron chi connectivity index (χ0n) is 33.8. The van der Waals surface area contributed by atoms with E-state index in [4.69, 9.17) is 5.73 Å². The highest BCUT2D eigenvalue weighted by atomic mass is 32.1. The molecule has 7 rings (SSSR count). The first-order valence-corrected chi connectivity index (χ1v) is 20.8. The van der Waals surface area contributed by atoms with Crippen molar-refractivity contribution < 1.29 is 24.6 Å². The molecule has 15 nitrogen and oxygen atoms in total. The number of nitrogens with two attached hydrogens (primary N) is 1. The van der Waals surface area contributed by atoms with Gasteiger partial charge in [-0.1, -0.05) is 57.2 Å². The molecule has 3 amide bonds. The number of β-amino-alcohol motifs (C(OH)–C–C–N with tert-alkyl or cyclic N) is 1. The number of thiazole rings is 1. The second kappa shape index (κ2) is 17.6. The molecule has 6 N–H and O–H groups in total. The van der Waals surface area contributed by atoms with Crippen LogP contribution < -0.4 is 16.4 Å². The van der Waals surface area contributed by atoms with Gasteiger partial charge < -0.3 is 31.5 Å². The van der Waals surface area contributed by atoms with Gasteiger partial charge in [-0.15, -0.1) is 21.5 Å². The van der Waals surface area contributed by atoms with Gasteiger partial charge in [0.05, 0.1) is 40.6 Å². The largest absolute Gasteiger partial charge is 0.507 e. The lowest BCUT2D eigenvalue weighted by molar-refractivity contribution is -0.144. The zero-order valence-corrected chi connectivity index (χ0v) is 34.7. The summed E-state index contributed by atoms with van der Waals surface area (Å²) < 4.78 is 1.87. The van der Waals surface area contributed by atoms with E-state index in [0.29, 0.717) is 29.9 Å². The number of phenolic OH excluding ortho intramolecular Hbond substituents is 1. The predicted molar refractivity (Wildman–Crippen MR) is 226 cm³/mol. The van der Waals surface area contributed by atoms with E-state index in [1.165, 1.54) is 4.90 Å². The zero-order chi connectivity index (χ0) is 41.8. The topological polar surface area (TPSA) is 205 Å². The molecule has 5 heterocycles. The Morgan fingerprint density at radius 3 is 2.54 bits per heavy atom. The molecule has 0 bridgehead atoms. The summed E-state index contributed by atoms with van der Waals surface area (Å²) in [6, 6.07) is 14.8. The van der Waals surface area contributed by atoms with Crippen LogP contribution in [0.4, 0.5) is 5.82 Å². The average molecular weight is 821 g/mol. The third-order valence-corrected chi connectivity index (χ3v) is 12.1. The van der Waals surface area contributed by atoms with Gasteiger partial charge in [-0.05, 0) is 67.0 Å². The van der Waals surface area contributed by atoms with Gasteiger partial charge in [0.2, 0.25) is 17.7 Å². The first kappa shape index (κ1) is 41.4. The van der Waals surface area contributed by atoms with Gasteiger partial charge in [0.15, 0.2) is 5.82 Å². The minimum atomic E-state index is -0.914. The van der Waals surface area contributed by atoms with E-state index < -0.39 is 29.5 Å². The summed E-state index contributed by atoms with van der Waals surface area (Å²) in [6.45, 7) is 10.0. The molecule has 0 spiro atoms. The lowest BCUT2D eigenvalue weighted by atomic mass is 9.85. The van der Waals surface area contributed by atoms with Crippen molar-refractivity contribution >= 4 is 34.9 Å². The smallest absolute Gasteiger partial charge is 0.246 e. The molecule has 310 valence electrons. The number of hydrogen-bond acceptors (Lipinski definition) is 12. The molecule has 5 aromatic rings. The molecule has 2 fully saturated rings. The monoisotopic (exact) mass is 820 g/mol. The van der Waals surface area contributed by atoms with Crippen LogP contribution in [0.1, 0.15) is 51.3 Å². The van der Waals surface area contributed by atoms with Crippen molar-refractivity contribution in [2.24, 2.45) is 11.3 Å². The van der Waals surface area contributed by atoms with E-state index in [-0.39, 0.29) is 55.4 Å². The fourth-order valence-electron chi connectivity index (χ4n) is 7.96. The third-order valence-electron chi connectivity index (χ3n) is 11.1. The van der Waals surface area contributed by atoms with Crippen molar-refractivity contribution in [3.63, 3.8) is 0 Å². The van der Waals surface area contributed by atoms with Crippen molar-refractivity contribution in [3.05, 3.63) is 83.8 Å². The van der Waals surface area contributed by atoms with Gasteiger partial charge in [0.25, 0.3) is 0 Å². The van der Waals surface area contributed by atoms with E-state index in [1.807, 2.05) is 74.4 Å². The quantitative estimate of drug-likeness (QED) is 0.120. The van der Waals surface area contributed by atoms with Crippen LogP contribution in [0.3, 0.4) is 0 Å². The molecular weight excluding hydrogens is 769 g/mol. The molecular formula is C43H52N10O5S. The second-order valence-electron chi connectivity index (χ2n) is 16.7. The first-order chi connectivity index (χ1) is 28.2. The number of hydrogen-bond donors (Lipinski definition) is 5. The third kappa shape index (κ3) is 9.78. The first-order valence-electron chi connectivity index (χ1n) is 19.9. The maximum atomic E-state index is 14.2. The van der Waals surface area contributed by atoms with Crippen LogP contribution in [0.5, 0.6) is 5.75 Å². The van der Waals surface area contributed by atoms with Crippen LogP contribution in [0, 0.1) is 18.3 Å². The molecule has 2 aromatic carbocycles. The number of likely N-dealkylation sites (tertiary alicyclic amines) is 2. The maximum Gasteiger partial charge on any atom is 0.246 e. The Kier molecular flexibility index (Phi) is 12.4. The number of aryl methyl sites for hydroxylation is 1. The average Bonchev–Trinajstić information content (AvgIpc) is 3.96. The Labute approximate surface area is 347 Å². The molecule has 16 heteroatoms. The van der Waals surface area contributed by atoms with Gasteiger partial charge in [-0.3, -0.25) is 24.0 Å². The van der Waals surface area contributed by atoms with Crippen LogP contribution >= 0.6 is 11.3 Å². The minimum Gasteiger partial charge on any atom is -0.507 e. The Morgan fingerprint density at radius 1 is 1.03 bits per heavy atom. The molecule has 4 atom stereocenters. The number of aromatic hydroxyl groups is 1. The number of nitrogens with one attached hydrogen (secondary N) is 2. The number of aromatic nitrogens is 5. The van der Waals surface area contributed by atoms with E-state index in [1.54, 1.807) is 41.8 Å². The van der Waals surface area contributed by atoms with E-state index in [2.05, 4.69) is 35.8 Å². The predicted octanol–water partition coefficient (Wildman–Crippen LogP) is 4.25. The number of aliphatic hydroxyl groups is 1. The van der Waals surface area contributed by atoms with Crippen LogP contribution in [0.2, 0.25) is 0 Å². The molecule has 59 heavy (non-hydrogen) atoms. The Balaban J connectivity index is 0.940. The standard InChI is InChI=1S/C43H52N10O5S/c1-26-38(59-25-46-26)29-13-11-27(12-14-29)18-45-41(57)35-16-31(54)23-53(35)42(58)39(43(2,3)4)48-37(56)24-51-15-7-8-28(20-51)21-52-22-30(19-47-52)33-17-34(49-50-40(33)44)32-9-5-6-10-36(32)55/h5-6,9-14,17,19,22,25,28,31,35,39,54-55H,7-8,15-16,18,20-21,23-24H2,1-4H3,(H2,44,50)(H,45,57)(H,48,56)/t28-,31-,35+,39-/m1/s1. The number of phenols is 1. The van der Waals surface area contributed by atoms with Gasteiger partial charge in [0, 0.05) is 55.5 Å². The minimum absolute atomic E-state index is 0.00720. The molecule has 0 aliphatic carbocycles. The number of carbonyl (C=O) groups excluding carboxylic acids is 3. The van der Waals surface area contributed by atoms with E-state index in [9.17, 15) is 24.6 Å². The van der Waals surface area contributed by atoms with Crippen molar-refractivity contribution in [1.29, 1.82) is 0 Å². The number of carbonyl (C=O) groups is 3. The fourth-order valence-corrected chi connectivity index (χ4v) is 8.77. The summed E-state index contributed by atoms with van der Waals surface area (Å²) in [4.78, 5) is 50.3. The molecule has 0 radical (unpaired) electrons. The summed E-state index contributed by atoms with van der Waals surface area (Å²) in [5.74, 6) is -0.445. The van der Waals surface area contributed by atoms with Gasteiger partial charge in [0.1, 0.15) is 17.8 Å². The summed E-state index contributed by atoms with van der Waals surface area (Å²) in [7, 11) is 0. The van der Waals surface area contributed by atoms with Crippen LogP contribution in [0.25, 0.3) is 32.8 Å². The number of benzene rings is 2. The molecule has 0 unspecified atom stereocenters. The van der Waals surface area contributed by atoms with Gasteiger partial charge in [-0.2, -0.15) is 5.10 Å². The number of para-hydroxylation sites is 1. The van der Waals surface area contributed by atoms with Crippen molar-refractivity contribution in [2.75, 3.05) is 31.9 Å². The van der Waals surface area contributed by atoms with Gasteiger partial charge in [-0.25, -0.2) is 4.98 Å². The summed E-state index contributed by atoms with van der Waals surface area (Å²) >= 11 is 1.58. The summed E-state index contributed by atoms with van der Waals surface area (Å²) in [5.41, 5.74) is 12.8. The Bertz CT molecular complexity index is 2290. The second-order valence-corrected chi connectivity index (χ2v) is 17.5. The molecule has 0 saturated carbocycles. The molecule has 2 saturated heterocycles. The number of aliphatic hydroxyl groups excluding tert-OH is 1. The highest BCUT2D eigenvalue weighted by molar-refractivity contribution is 7.13. The Morgan fingerprint density at radius 2 is 1.81 bits per heavy atom. The summed E-state index contributed by atoms with van der Waals surface area (Å²) in [5, 5.41) is 39.8. The van der Waals surface area contributed by atoms with E-state index >= 15 is 0 Å². The maximum absolute atomic E-state index is 14.2. The normalized spacial score (nSPS) is 19.1. The Hall–Kier alpha value is -5.71. The molecule has 3 aromatic heterocycles. The molecule has 2 aliphatic heterocycles. The highest BCUT2D eigenvalue weighted by Crippen LogP contribution is 2.33. The summed E-state index contributed by atoms with van der Waals surface area (Å²) in [6.07, 6.45) is 4.77. The van der Waals surface area contributed by atoms with Crippen molar-refractivity contribution in [3.8, 4) is 38.6 Å². The van der Waals surface area contributed by atoms with Crippen LogP contribution in [-0.2, 0) is 27.5 Å². The number of nitrogens with zero attached hydrogens (tertiary/aromatic N) is 7. The highest BCUT2D eigenvalue weighted by Gasteiger charge is 2.44. The van der Waals surface area contributed by atoms with Crippen molar-refractivity contribution in [2.45, 2.75) is 78.2 Å². The lowest BCUT2D eigenvalue weighted by Crippen LogP contribution is -2.59. The number of nitrogen functional groups attached to an aromatic ring is 1. The number of piperidine rings is 1. The SMILES string of the molecule is Cc1ncsc1-c1ccc(CNC(=O)[C@@H]2C[C@@H](O)CN2C(=O)[C@@H](NC(=O)CN2CCC[C@@H](Cn3cc(-c4cc(-c5ccccc5O)nnc4N)cn3)C2)C(C)(C)C)cc1. The van der Waals surface area contributed by atoms with E-state index in [0.717, 1.165) is 46.6 Å². The van der Waals surface area contributed by atoms with Crippen LogP contribution in [0.15, 0.2) is 72.5 Å². The van der Waals surface area contributed by atoms with Gasteiger partial charge >= 0.3 is 0 Å². The number of anilines is 1. The van der Waals surface area contributed by atoms with Crippen LogP contribution in [-0.4, -0.2) is 107 Å². The number of amides is 3. The lowest BCUT2D eigenvalue weighted by Gasteiger charge is -2.36. The molecule has 2 aliphatic rings. The van der Waals surface area contributed by atoms with Crippen molar-refractivity contribution in [1.82, 2.24) is 45.4 Å². The fraction of sp³-hybridized carbons (Fsp3) is 0.419.